The van der Waals surface area contributed by atoms with Gasteiger partial charge in [0.25, 0.3) is 0 Å². The number of aliphatic hydroxyl groups is 10. The fraction of sp³-hybridized carbons (Fsp3) is 0.667. The molecule has 3 aliphatic rings. The third kappa shape index (κ3) is 20.0. The van der Waals surface area contributed by atoms with Crippen LogP contribution in [-0.4, -0.2) is 168 Å². The van der Waals surface area contributed by atoms with Gasteiger partial charge in [0.15, 0.2) is 12.1 Å². The van der Waals surface area contributed by atoms with Crippen LogP contribution in [0.5, 0.6) is 0 Å². The van der Waals surface area contributed by atoms with Crippen molar-refractivity contribution >= 4 is 24.3 Å². The van der Waals surface area contributed by atoms with E-state index in [1.54, 1.807) is 75.5 Å². The number of ether oxygens (including phenoxy) is 5. The molecule has 0 aromatic rings. The van der Waals surface area contributed by atoms with Gasteiger partial charge in [0.1, 0.15) is 18.1 Å². The summed E-state index contributed by atoms with van der Waals surface area (Å²) in [6.07, 6.45) is 4.50. The minimum Gasteiger partial charge on any atom is -0.469 e. The molecule has 0 aliphatic carbocycles. The van der Waals surface area contributed by atoms with Crippen LogP contribution >= 0.6 is 12.4 Å². The van der Waals surface area contributed by atoms with E-state index in [0.717, 1.165) is 7.11 Å². The van der Waals surface area contributed by atoms with Crippen molar-refractivity contribution in [1.82, 2.24) is 0 Å². The fourth-order valence-electron chi connectivity index (χ4n) is 8.09. The standard InChI is InChI=1S/C48H75NO17.ClH/c1-28-18-16-14-12-10-8-6-7-9-11-13-15-17-19-35(65-47-45(59)42(49)44(58)31(4)64-47)25-39-41(46(60)62-5)38(55)27-48(61,66-39)26-34(52)23-37(54)36(53)21-20-32(50)22-33(51)24-40(56)63-30(3)29(2)43(28)57;/h6-19,28-39,41-45,47,50-55,57-59,61H,20-27,49H2,1-5H3;1H/b7-6+,10-8+,11-9+,14-12+,15-13+,18-16-,19-17+;/t28-,29-,30-,31+,32+,33+,34-,35-,36+,37+,38-,39-,41+,42-,43+,44+,45-,47-,48+;/m0./s1. The van der Waals surface area contributed by atoms with Gasteiger partial charge in [0, 0.05) is 37.5 Å². The molecule has 3 heterocycles. The highest BCUT2D eigenvalue weighted by atomic mass is 35.5. The van der Waals surface area contributed by atoms with Gasteiger partial charge >= 0.3 is 11.9 Å². The number of carbonyl (C=O) groups excluding carboxylic acids is 2. The minimum absolute atomic E-state index is 0. The molecule has 0 unspecified atom stereocenters. The summed E-state index contributed by atoms with van der Waals surface area (Å²) in [5.41, 5.74) is 6.05. The van der Waals surface area contributed by atoms with Crippen molar-refractivity contribution in [3.63, 3.8) is 0 Å². The Morgan fingerprint density at radius 2 is 1.24 bits per heavy atom. The summed E-state index contributed by atoms with van der Waals surface area (Å²) in [4.78, 5) is 25.7. The van der Waals surface area contributed by atoms with Gasteiger partial charge in [-0.15, -0.1) is 12.4 Å². The maximum absolute atomic E-state index is 13.1. The second kappa shape index (κ2) is 29.8. The van der Waals surface area contributed by atoms with Crippen LogP contribution in [0.25, 0.3) is 0 Å². The van der Waals surface area contributed by atoms with Crippen molar-refractivity contribution in [1.29, 1.82) is 0 Å². The van der Waals surface area contributed by atoms with E-state index in [1.807, 2.05) is 37.3 Å². The molecular weight excluding hydrogens is 898 g/mol. The third-order valence-electron chi connectivity index (χ3n) is 12.2. The number of cyclic esters (lactones) is 1. The van der Waals surface area contributed by atoms with Crippen molar-refractivity contribution in [2.45, 2.75) is 177 Å². The van der Waals surface area contributed by atoms with E-state index in [0.29, 0.717) is 0 Å². The number of nitrogens with two attached hydrogens (primary N) is 1. The first kappa shape index (κ1) is 60.0. The van der Waals surface area contributed by atoms with Gasteiger partial charge in [0.05, 0.1) is 86.7 Å². The highest BCUT2D eigenvalue weighted by molar-refractivity contribution is 5.85. The molecule has 2 bridgehead atoms. The number of aliphatic hydroxyl groups excluding tert-OH is 9. The first-order valence-corrected chi connectivity index (χ1v) is 22.7. The maximum Gasteiger partial charge on any atom is 0.313 e. The molecule has 0 saturated carbocycles. The van der Waals surface area contributed by atoms with Gasteiger partial charge in [0.2, 0.25) is 0 Å². The largest absolute Gasteiger partial charge is 0.469 e. The fourth-order valence-corrected chi connectivity index (χ4v) is 8.09. The molecule has 18 nitrogen and oxygen atoms in total. The average molecular weight is 975 g/mol. The second-order valence-corrected chi connectivity index (χ2v) is 17.8. The Morgan fingerprint density at radius 1 is 0.672 bits per heavy atom. The number of fused-ring (bicyclic) bond motifs is 2. The SMILES string of the molecule is COC(=O)[C@H]1[C@@H]2C[C@@H](O[C@@H]3O[C@H](C)[C@@H](O)[C@H](N)[C@@H]3O)/C=C/C=C/C=C/C=C/C=C/C=C/C=C\[C@H](C)[C@@H](O)[C@@H](C)[C@H](C)OC(=O)C[C@H](O)C[C@H](O)CC[C@@H](O)[C@H](O)C[C@H](O)C[C@](O)(C[C@@H]1O)O2.Cl. The zero-order chi connectivity index (χ0) is 49.1. The molecule has 2 saturated heterocycles. The molecule has 382 valence electrons. The first-order chi connectivity index (χ1) is 31.2. The molecule has 19 atom stereocenters. The number of allylic oxidation sites excluding steroid dienone is 12. The van der Waals surface area contributed by atoms with Crippen LogP contribution in [0.2, 0.25) is 0 Å². The lowest BCUT2D eigenvalue weighted by atomic mass is 9.82. The molecule has 0 spiro atoms. The number of methoxy groups -OCH3 is 1. The van der Waals surface area contributed by atoms with E-state index in [9.17, 15) is 60.7 Å². The van der Waals surface area contributed by atoms with Crippen molar-refractivity contribution < 1.29 is 84.3 Å². The third-order valence-corrected chi connectivity index (χ3v) is 12.2. The Balaban J connectivity index is 0.0000154. The second-order valence-electron chi connectivity index (χ2n) is 17.8. The smallest absolute Gasteiger partial charge is 0.313 e. The quantitative estimate of drug-likeness (QED) is 0.177. The molecule has 2 fully saturated rings. The van der Waals surface area contributed by atoms with Gasteiger partial charge in [-0.25, -0.2) is 0 Å². The molecule has 0 aromatic carbocycles. The Labute approximate surface area is 399 Å². The van der Waals surface area contributed by atoms with E-state index in [4.69, 9.17) is 29.4 Å². The summed E-state index contributed by atoms with van der Waals surface area (Å²) < 4.78 is 28.4. The molecule has 12 N–H and O–H groups in total. The predicted molar refractivity (Wildman–Crippen MR) is 249 cm³/mol. The molecule has 0 amide bonds. The summed E-state index contributed by atoms with van der Waals surface area (Å²) in [5.74, 6) is -5.93. The molecule has 3 rings (SSSR count). The molecule has 0 aromatic heterocycles. The van der Waals surface area contributed by atoms with Crippen LogP contribution in [0, 0.1) is 17.8 Å². The van der Waals surface area contributed by atoms with Crippen molar-refractivity contribution in [2.24, 2.45) is 23.5 Å². The zero-order valence-corrected chi connectivity index (χ0v) is 39.8. The van der Waals surface area contributed by atoms with Crippen LogP contribution in [-0.2, 0) is 33.3 Å². The summed E-state index contributed by atoms with van der Waals surface area (Å²) in [6.45, 7) is 6.78. The highest BCUT2D eigenvalue weighted by Crippen LogP contribution is 2.38. The van der Waals surface area contributed by atoms with Crippen molar-refractivity contribution in [2.75, 3.05) is 7.11 Å². The average Bonchev–Trinajstić information content (AvgIpc) is 3.24. The molecule has 3 aliphatic heterocycles. The lowest BCUT2D eigenvalue weighted by molar-refractivity contribution is -0.308. The summed E-state index contributed by atoms with van der Waals surface area (Å²) in [7, 11) is 1.12. The van der Waals surface area contributed by atoms with Crippen LogP contribution < -0.4 is 5.73 Å². The Kier molecular flexibility index (Phi) is 26.7. The Bertz CT molecular complexity index is 1690. The minimum atomic E-state index is -2.27. The zero-order valence-electron chi connectivity index (χ0n) is 38.9. The number of hydrogen-bond acceptors (Lipinski definition) is 18. The summed E-state index contributed by atoms with van der Waals surface area (Å²) >= 11 is 0. The van der Waals surface area contributed by atoms with Gasteiger partial charge in [-0.2, -0.15) is 0 Å². The monoisotopic (exact) mass is 973 g/mol. The number of hydrogen-bond donors (Lipinski definition) is 11. The van der Waals surface area contributed by atoms with E-state index in [2.05, 4.69) is 0 Å². The predicted octanol–water partition coefficient (Wildman–Crippen LogP) is 1.22. The number of rotatable bonds is 3. The lowest BCUT2D eigenvalue weighted by Crippen LogP contribution is -2.61. The number of halogens is 1. The van der Waals surface area contributed by atoms with Crippen molar-refractivity contribution in [3.8, 4) is 0 Å². The highest BCUT2D eigenvalue weighted by Gasteiger charge is 2.51. The van der Waals surface area contributed by atoms with Gasteiger partial charge in [-0.1, -0.05) is 98.9 Å². The topological polar surface area (TPSA) is 309 Å². The van der Waals surface area contributed by atoms with Crippen LogP contribution in [0.3, 0.4) is 0 Å². The van der Waals surface area contributed by atoms with E-state index < -0.39 is 147 Å². The Morgan fingerprint density at radius 3 is 1.82 bits per heavy atom. The summed E-state index contributed by atoms with van der Waals surface area (Å²) in [5, 5.41) is 109. The van der Waals surface area contributed by atoms with E-state index in [1.165, 1.54) is 0 Å². The molecule has 19 heteroatoms. The summed E-state index contributed by atoms with van der Waals surface area (Å²) in [6, 6.07) is -1.13. The first-order valence-electron chi connectivity index (χ1n) is 22.7. The van der Waals surface area contributed by atoms with E-state index >= 15 is 0 Å². The molecular formula is C48H76ClNO17. The normalized spacial score (nSPS) is 44.3. The van der Waals surface area contributed by atoms with Gasteiger partial charge < -0.3 is 80.5 Å². The number of esters is 2. The van der Waals surface area contributed by atoms with Crippen LogP contribution in [0.4, 0.5) is 0 Å². The van der Waals surface area contributed by atoms with Gasteiger partial charge in [-0.05, 0) is 33.1 Å². The number of carbonyl (C=O) groups is 2. The lowest BCUT2D eigenvalue weighted by Gasteiger charge is -2.45. The Hall–Kier alpha value is -3.15. The molecule has 0 radical (unpaired) electrons. The van der Waals surface area contributed by atoms with E-state index in [-0.39, 0.29) is 44.0 Å². The van der Waals surface area contributed by atoms with Crippen molar-refractivity contribution in [3.05, 3.63) is 85.1 Å². The van der Waals surface area contributed by atoms with Gasteiger partial charge in [-0.3, -0.25) is 9.59 Å². The molecule has 67 heavy (non-hydrogen) atoms. The van der Waals surface area contributed by atoms with Crippen LogP contribution in [0.1, 0.15) is 79.1 Å². The maximum atomic E-state index is 13.1. The van der Waals surface area contributed by atoms with Crippen LogP contribution in [0.15, 0.2) is 85.1 Å².